The fourth-order valence-electron chi connectivity index (χ4n) is 3.35. The molecular weight excluding hydrogens is 394 g/mol. The van der Waals surface area contributed by atoms with Gasteiger partial charge in [0.15, 0.2) is 0 Å². The average molecular weight is 421 g/mol. The third kappa shape index (κ3) is 5.12. The molecule has 0 radical (unpaired) electrons. The lowest BCUT2D eigenvalue weighted by Crippen LogP contribution is -2.38. The number of nitrogens with one attached hydrogen (secondary N) is 1. The van der Waals surface area contributed by atoms with Crippen LogP contribution < -0.4 is 15.0 Å². The van der Waals surface area contributed by atoms with Crippen molar-refractivity contribution in [1.29, 1.82) is 0 Å². The quantitative estimate of drug-likeness (QED) is 0.488. The molecule has 2 aromatic rings. The molecule has 0 aliphatic carbocycles. The van der Waals surface area contributed by atoms with Crippen LogP contribution in [0.25, 0.3) is 0 Å². The van der Waals surface area contributed by atoms with Gasteiger partial charge >= 0.3 is 6.03 Å². The Labute approximate surface area is 182 Å². The number of carbonyl (C=O) groups excluding carboxylic acids is 3. The van der Waals surface area contributed by atoms with Gasteiger partial charge in [0.2, 0.25) is 5.91 Å². The molecule has 7 heteroatoms. The zero-order valence-corrected chi connectivity index (χ0v) is 17.8. The Bertz CT molecular complexity index is 954. The van der Waals surface area contributed by atoms with Gasteiger partial charge in [0.1, 0.15) is 11.8 Å². The Morgan fingerprint density at radius 3 is 2.42 bits per heavy atom. The zero-order chi connectivity index (χ0) is 22.4. The van der Waals surface area contributed by atoms with E-state index in [4.69, 9.17) is 4.74 Å². The number of hydrogen-bond donors (Lipinski definition) is 1. The molecule has 3 rings (SSSR count). The van der Waals surface area contributed by atoms with Crippen molar-refractivity contribution in [3.63, 3.8) is 0 Å². The second-order valence-electron chi connectivity index (χ2n) is 7.37. The van der Waals surface area contributed by atoms with Gasteiger partial charge in [0.05, 0.1) is 18.7 Å². The number of ether oxygens (including phenoxy) is 1. The monoisotopic (exact) mass is 421 g/mol. The van der Waals surface area contributed by atoms with E-state index >= 15 is 0 Å². The highest BCUT2D eigenvalue weighted by Crippen LogP contribution is 2.27. The molecule has 162 valence electrons. The number of aryl methyl sites for hydroxylation is 1. The van der Waals surface area contributed by atoms with Crippen LogP contribution in [0.5, 0.6) is 5.75 Å². The molecule has 31 heavy (non-hydrogen) atoms. The number of hydrogen-bond acceptors (Lipinski definition) is 4. The molecule has 2 aromatic carbocycles. The molecule has 0 saturated carbocycles. The van der Waals surface area contributed by atoms with E-state index in [1.54, 1.807) is 42.5 Å². The summed E-state index contributed by atoms with van der Waals surface area (Å²) in [5.74, 6) is -0.0512. The maximum Gasteiger partial charge on any atom is 0.332 e. The fraction of sp³-hybridized carbons (Fsp3) is 0.292. The molecule has 1 saturated heterocycles. The summed E-state index contributed by atoms with van der Waals surface area (Å²) in [4.78, 5) is 41.1. The molecule has 1 atom stereocenters. The van der Waals surface area contributed by atoms with E-state index in [9.17, 15) is 14.4 Å². The minimum atomic E-state index is -0.890. The van der Waals surface area contributed by atoms with E-state index < -0.39 is 18.0 Å². The molecule has 0 bridgehead atoms. The molecule has 7 nitrogen and oxygen atoms in total. The first-order valence-electron chi connectivity index (χ1n) is 10.3. The second-order valence-corrected chi connectivity index (χ2v) is 7.37. The normalized spacial score (nSPS) is 15.9. The number of imide groups is 1. The van der Waals surface area contributed by atoms with Crippen LogP contribution in [0.2, 0.25) is 0 Å². The van der Waals surface area contributed by atoms with Gasteiger partial charge in [-0.15, -0.1) is 6.58 Å². The van der Waals surface area contributed by atoms with Crippen LogP contribution in [0.4, 0.5) is 16.2 Å². The van der Waals surface area contributed by atoms with Gasteiger partial charge in [-0.3, -0.25) is 9.59 Å². The number of urea groups is 1. The van der Waals surface area contributed by atoms with Crippen LogP contribution in [0, 0.1) is 6.92 Å². The molecule has 4 amide bonds. The van der Waals surface area contributed by atoms with Crippen LogP contribution >= 0.6 is 0 Å². The summed E-state index contributed by atoms with van der Waals surface area (Å²) < 4.78 is 5.53. The lowest BCUT2D eigenvalue weighted by atomic mass is 10.1. The number of nitrogens with zero attached hydrogens (tertiary/aromatic N) is 2. The number of carbonyl (C=O) groups is 3. The fourth-order valence-corrected chi connectivity index (χ4v) is 3.35. The molecule has 1 fully saturated rings. The van der Waals surface area contributed by atoms with Gasteiger partial charge in [0.25, 0.3) is 5.91 Å². The summed E-state index contributed by atoms with van der Waals surface area (Å²) in [5, 5.41) is 2.78. The number of amides is 4. The summed E-state index contributed by atoms with van der Waals surface area (Å²) in [6.07, 6.45) is 2.31. The van der Waals surface area contributed by atoms with Crippen molar-refractivity contribution in [3.8, 4) is 5.75 Å². The molecule has 0 spiro atoms. The first-order valence-corrected chi connectivity index (χ1v) is 10.3. The van der Waals surface area contributed by atoms with Crippen molar-refractivity contribution in [1.82, 2.24) is 4.90 Å². The Hall–Kier alpha value is -3.61. The smallest absolute Gasteiger partial charge is 0.332 e. The lowest BCUT2D eigenvalue weighted by Gasteiger charge is -2.19. The second kappa shape index (κ2) is 9.93. The number of anilines is 2. The summed E-state index contributed by atoms with van der Waals surface area (Å²) in [6, 6.07) is 12.8. The summed E-state index contributed by atoms with van der Waals surface area (Å²) in [5.41, 5.74) is 2.10. The Kier molecular flexibility index (Phi) is 7.07. The third-order valence-electron chi connectivity index (χ3n) is 4.93. The molecule has 0 unspecified atom stereocenters. The largest absolute Gasteiger partial charge is 0.494 e. The van der Waals surface area contributed by atoms with Crippen LogP contribution in [0.1, 0.15) is 25.3 Å². The van der Waals surface area contributed by atoms with E-state index in [0.29, 0.717) is 18.0 Å². The van der Waals surface area contributed by atoms with Crippen molar-refractivity contribution in [2.75, 3.05) is 23.4 Å². The van der Waals surface area contributed by atoms with E-state index in [1.807, 2.05) is 26.0 Å². The number of rotatable bonds is 9. The van der Waals surface area contributed by atoms with Gasteiger partial charge in [-0.1, -0.05) is 30.7 Å². The summed E-state index contributed by atoms with van der Waals surface area (Å²) in [6.45, 7) is 8.42. The van der Waals surface area contributed by atoms with Gasteiger partial charge in [-0.25, -0.2) is 9.69 Å². The Morgan fingerprint density at radius 1 is 1.13 bits per heavy atom. The standard InChI is InChI=1S/C24H27N3O4/c1-4-14-26-21(23(29)27(24(26)30)19-10-6-17(3)7-11-19)16-22(28)25-18-8-12-20(13-9-18)31-15-5-2/h4,6-13,21H,1,5,14-16H2,2-3H3,(H,25,28)/t21-/m0/s1. The van der Waals surface area contributed by atoms with Crippen molar-refractivity contribution >= 4 is 29.2 Å². The minimum absolute atomic E-state index is 0.144. The van der Waals surface area contributed by atoms with Gasteiger partial charge in [0, 0.05) is 12.2 Å². The molecule has 0 aromatic heterocycles. The van der Waals surface area contributed by atoms with E-state index in [0.717, 1.165) is 22.6 Å². The Morgan fingerprint density at radius 2 is 1.81 bits per heavy atom. The minimum Gasteiger partial charge on any atom is -0.494 e. The van der Waals surface area contributed by atoms with Crippen molar-refractivity contribution in [2.45, 2.75) is 32.7 Å². The molecule has 1 aliphatic heterocycles. The topological polar surface area (TPSA) is 79.0 Å². The van der Waals surface area contributed by atoms with Crippen molar-refractivity contribution in [2.24, 2.45) is 0 Å². The number of benzene rings is 2. The summed E-state index contributed by atoms with van der Waals surface area (Å²) >= 11 is 0. The van der Waals surface area contributed by atoms with E-state index in [-0.39, 0.29) is 18.9 Å². The highest BCUT2D eigenvalue weighted by molar-refractivity contribution is 6.22. The lowest BCUT2D eigenvalue weighted by molar-refractivity contribution is -0.124. The molecular formula is C24H27N3O4. The highest BCUT2D eigenvalue weighted by Gasteiger charge is 2.46. The average Bonchev–Trinajstić information content (AvgIpc) is 2.98. The summed E-state index contributed by atoms with van der Waals surface area (Å²) in [7, 11) is 0. The molecule has 1 heterocycles. The van der Waals surface area contributed by atoms with Gasteiger partial charge < -0.3 is 15.0 Å². The van der Waals surface area contributed by atoms with E-state index in [1.165, 1.54) is 4.90 Å². The SMILES string of the molecule is C=CCN1C(=O)N(c2ccc(C)cc2)C(=O)[C@@H]1CC(=O)Nc1ccc(OCCC)cc1. The zero-order valence-electron chi connectivity index (χ0n) is 17.8. The van der Waals surface area contributed by atoms with Crippen LogP contribution in [-0.2, 0) is 9.59 Å². The first kappa shape index (κ1) is 22.1. The Balaban J connectivity index is 1.71. The predicted molar refractivity (Wildman–Crippen MR) is 120 cm³/mol. The molecule has 1 aliphatic rings. The first-order chi connectivity index (χ1) is 14.9. The third-order valence-corrected chi connectivity index (χ3v) is 4.93. The van der Waals surface area contributed by atoms with Crippen molar-refractivity contribution in [3.05, 3.63) is 66.7 Å². The van der Waals surface area contributed by atoms with Crippen LogP contribution in [0.15, 0.2) is 61.2 Å². The van der Waals surface area contributed by atoms with Gasteiger partial charge in [-0.05, 0) is 49.7 Å². The van der Waals surface area contributed by atoms with Crippen molar-refractivity contribution < 1.29 is 19.1 Å². The highest BCUT2D eigenvalue weighted by atomic mass is 16.5. The van der Waals surface area contributed by atoms with E-state index in [2.05, 4.69) is 11.9 Å². The molecule has 1 N–H and O–H groups in total. The van der Waals surface area contributed by atoms with Gasteiger partial charge in [-0.2, -0.15) is 0 Å². The van der Waals surface area contributed by atoms with Crippen LogP contribution in [-0.4, -0.2) is 41.9 Å². The predicted octanol–water partition coefficient (Wildman–Crippen LogP) is 4.14. The van der Waals surface area contributed by atoms with Crippen LogP contribution in [0.3, 0.4) is 0 Å². The maximum absolute atomic E-state index is 13.1. The maximum atomic E-state index is 13.1.